The molecule has 1 aliphatic carbocycles. The number of phenolic OH excluding ortho intramolecular Hbond substituents is 1. The molecule has 1 aromatic rings. The molecule has 5 heteroatoms. The van der Waals surface area contributed by atoms with E-state index >= 15 is 0 Å². The largest absolute Gasteiger partial charge is 0.508 e. The number of hydrogen-bond acceptors (Lipinski definition) is 3. The summed E-state index contributed by atoms with van der Waals surface area (Å²) in [5.74, 6) is -0.614. The molecule has 2 atom stereocenters. The Kier molecular flexibility index (Phi) is 4.83. The van der Waals surface area contributed by atoms with E-state index in [2.05, 4.69) is 12.2 Å². The molecule has 0 saturated heterocycles. The zero-order valence-electron chi connectivity index (χ0n) is 12.5. The van der Waals surface area contributed by atoms with Crippen molar-refractivity contribution in [3.63, 3.8) is 0 Å². The van der Waals surface area contributed by atoms with Crippen LogP contribution < -0.4 is 10.2 Å². The summed E-state index contributed by atoms with van der Waals surface area (Å²) < 4.78 is 0. The summed E-state index contributed by atoms with van der Waals surface area (Å²) in [5, 5.41) is 12.1. The van der Waals surface area contributed by atoms with Crippen LogP contribution in [0.5, 0.6) is 5.75 Å². The molecule has 114 valence electrons. The minimum atomic E-state index is -0.585. The number of benzene rings is 1. The van der Waals surface area contributed by atoms with E-state index in [0.29, 0.717) is 11.6 Å². The molecule has 0 aliphatic heterocycles. The van der Waals surface area contributed by atoms with E-state index in [1.54, 1.807) is 19.2 Å². The number of carbonyl (C=O) groups excluding carboxylic acids is 2. The van der Waals surface area contributed by atoms with Gasteiger partial charge in [0, 0.05) is 18.8 Å². The molecule has 0 heterocycles. The van der Waals surface area contributed by atoms with Crippen LogP contribution in [0.3, 0.4) is 0 Å². The molecule has 0 bridgehead atoms. The molecule has 2 N–H and O–H groups in total. The lowest BCUT2D eigenvalue weighted by Gasteiger charge is -2.29. The van der Waals surface area contributed by atoms with Crippen LogP contribution in [0.1, 0.15) is 32.6 Å². The number of anilines is 1. The van der Waals surface area contributed by atoms with Gasteiger partial charge in [0.15, 0.2) is 0 Å². The van der Waals surface area contributed by atoms with Crippen molar-refractivity contribution in [3.05, 3.63) is 24.3 Å². The van der Waals surface area contributed by atoms with Crippen LogP contribution in [0.15, 0.2) is 24.3 Å². The maximum Gasteiger partial charge on any atom is 0.316 e. The van der Waals surface area contributed by atoms with Crippen LogP contribution in [0.2, 0.25) is 0 Å². The SMILES string of the molecule is CC1CCCCC1NC(=O)C(=O)N(C)c1ccc(O)cc1. The fourth-order valence-corrected chi connectivity index (χ4v) is 2.71. The van der Waals surface area contributed by atoms with Crippen molar-refractivity contribution in [1.29, 1.82) is 0 Å². The summed E-state index contributed by atoms with van der Waals surface area (Å²) in [6, 6.07) is 6.26. The van der Waals surface area contributed by atoms with Gasteiger partial charge in [0.25, 0.3) is 0 Å². The lowest BCUT2D eigenvalue weighted by Crippen LogP contribution is -2.48. The fourth-order valence-electron chi connectivity index (χ4n) is 2.71. The van der Waals surface area contributed by atoms with Crippen LogP contribution in [-0.4, -0.2) is 30.0 Å². The number of phenols is 1. The Morgan fingerprint density at radius 2 is 1.81 bits per heavy atom. The Hall–Kier alpha value is -2.04. The number of carbonyl (C=O) groups is 2. The lowest BCUT2D eigenvalue weighted by atomic mass is 9.86. The summed E-state index contributed by atoms with van der Waals surface area (Å²) in [6.45, 7) is 2.11. The molecular formula is C16H22N2O3. The minimum absolute atomic E-state index is 0.0865. The van der Waals surface area contributed by atoms with Crippen LogP contribution in [0.25, 0.3) is 0 Å². The zero-order chi connectivity index (χ0) is 15.4. The molecule has 5 nitrogen and oxygen atoms in total. The highest BCUT2D eigenvalue weighted by Crippen LogP contribution is 2.24. The predicted molar refractivity (Wildman–Crippen MR) is 81.1 cm³/mol. The summed E-state index contributed by atoms with van der Waals surface area (Å²) >= 11 is 0. The van der Waals surface area contributed by atoms with E-state index in [-0.39, 0.29) is 11.8 Å². The third kappa shape index (κ3) is 3.74. The fraction of sp³-hybridized carbons (Fsp3) is 0.500. The summed E-state index contributed by atoms with van der Waals surface area (Å²) in [5.41, 5.74) is 0.574. The molecule has 0 aromatic heterocycles. The van der Waals surface area contributed by atoms with Crippen LogP contribution >= 0.6 is 0 Å². The Bertz CT molecular complexity index is 513. The zero-order valence-corrected chi connectivity index (χ0v) is 12.5. The molecule has 2 unspecified atom stereocenters. The van der Waals surface area contributed by atoms with E-state index in [0.717, 1.165) is 19.3 Å². The van der Waals surface area contributed by atoms with Crippen LogP contribution in [-0.2, 0) is 9.59 Å². The Labute approximate surface area is 125 Å². The van der Waals surface area contributed by atoms with Gasteiger partial charge < -0.3 is 15.3 Å². The highest BCUT2D eigenvalue weighted by Gasteiger charge is 2.27. The number of likely N-dealkylation sites (N-methyl/N-ethyl adjacent to an activating group) is 1. The molecule has 2 amide bonds. The minimum Gasteiger partial charge on any atom is -0.508 e. The average Bonchev–Trinajstić information content (AvgIpc) is 2.49. The molecule has 21 heavy (non-hydrogen) atoms. The van der Waals surface area contributed by atoms with E-state index in [1.807, 2.05) is 0 Å². The molecule has 0 spiro atoms. The first-order valence-corrected chi connectivity index (χ1v) is 7.36. The van der Waals surface area contributed by atoms with Crippen LogP contribution in [0, 0.1) is 5.92 Å². The normalized spacial score (nSPS) is 21.6. The summed E-state index contributed by atoms with van der Waals surface area (Å²) in [4.78, 5) is 25.5. The van der Waals surface area contributed by atoms with Gasteiger partial charge in [-0.05, 0) is 43.0 Å². The number of amides is 2. The molecule has 1 saturated carbocycles. The summed E-state index contributed by atoms with van der Waals surface area (Å²) in [6.07, 6.45) is 4.31. The second kappa shape index (κ2) is 6.61. The Morgan fingerprint density at radius 1 is 1.19 bits per heavy atom. The maximum absolute atomic E-state index is 12.2. The van der Waals surface area contributed by atoms with Crippen molar-refractivity contribution in [1.82, 2.24) is 5.32 Å². The molecule has 0 radical (unpaired) electrons. The average molecular weight is 290 g/mol. The number of nitrogens with zero attached hydrogens (tertiary/aromatic N) is 1. The highest BCUT2D eigenvalue weighted by molar-refractivity contribution is 6.40. The molecule has 2 rings (SSSR count). The van der Waals surface area contributed by atoms with Gasteiger partial charge in [0.05, 0.1) is 0 Å². The van der Waals surface area contributed by atoms with Gasteiger partial charge in [-0.25, -0.2) is 0 Å². The van der Waals surface area contributed by atoms with E-state index < -0.39 is 11.8 Å². The molecular weight excluding hydrogens is 268 g/mol. The van der Waals surface area contributed by atoms with Gasteiger partial charge in [-0.1, -0.05) is 19.8 Å². The van der Waals surface area contributed by atoms with Crippen molar-refractivity contribution in [2.45, 2.75) is 38.6 Å². The monoisotopic (exact) mass is 290 g/mol. The third-order valence-corrected chi connectivity index (χ3v) is 4.16. The Morgan fingerprint density at radius 3 is 2.43 bits per heavy atom. The second-order valence-corrected chi connectivity index (χ2v) is 5.72. The van der Waals surface area contributed by atoms with Crippen molar-refractivity contribution in [2.75, 3.05) is 11.9 Å². The maximum atomic E-state index is 12.2. The smallest absolute Gasteiger partial charge is 0.316 e. The summed E-state index contributed by atoms with van der Waals surface area (Å²) in [7, 11) is 1.55. The van der Waals surface area contributed by atoms with E-state index in [1.165, 1.54) is 23.5 Å². The second-order valence-electron chi connectivity index (χ2n) is 5.72. The predicted octanol–water partition coefficient (Wildman–Crippen LogP) is 2.05. The number of nitrogens with one attached hydrogen (secondary N) is 1. The van der Waals surface area contributed by atoms with Gasteiger partial charge in [-0.3, -0.25) is 9.59 Å². The first-order chi connectivity index (χ1) is 9.99. The van der Waals surface area contributed by atoms with Gasteiger partial charge in [-0.2, -0.15) is 0 Å². The van der Waals surface area contributed by atoms with Crippen molar-refractivity contribution in [3.8, 4) is 5.75 Å². The lowest BCUT2D eigenvalue weighted by molar-refractivity contribution is -0.138. The van der Waals surface area contributed by atoms with E-state index in [4.69, 9.17) is 0 Å². The molecule has 1 fully saturated rings. The first-order valence-electron chi connectivity index (χ1n) is 7.36. The van der Waals surface area contributed by atoms with Gasteiger partial charge in [-0.15, -0.1) is 0 Å². The number of rotatable bonds is 2. The molecule has 1 aliphatic rings. The van der Waals surface area contributed by atoms with Gasteiger partial charge in [0.2, 0.25) is 0 Å². The number of aromatic hydroxyl groups is 1. The van der Waals surface area contributed by atoms with Gasteiger partial charge >= 0.3 is 11.8 Å². The topological polar surface area (TPSA) is 69.6 Å². The van der Waals surface area contributed by atoms with Crippen LogP contribution in [0.4, 0.5) is 5.69 Å². The number of hydrogen-bond donors (Lipinski definition) is 2. The quantitative estimate of drug-likeness (QED) is 0.819. The third-order valence-electron chi connectivity index (χ3n) is 4.16. The highest BCUT2D eigenvalue weighted by atomic mass is 16.3. The van der Waals surface area contributed by atoms with Gasteiger partial charge in [0.1, 0.15) is 5.75 Å². The standard InChI is InChI=1S/C16H22N2O3/c1-11-5-3-4-6-14(11)17-15(20)16(21)18(2)12-7-9-13(19)10-8-12/h7-11,14,19H,3-6H2,1-2H3,(H,17,20). The Balaban J connectivity index is 1.98. The van der Waals surface area contributed by atoms with E-state index in [9.17, 15) is 14.7 Å². The first kappa shape index (κ1) is 15.4. The molecule has 1 aromatic carbocycles. The van der Waals surface area contributed by atoms with Crippen molar-refractivity contribution >= 4 is 17.5 Å². The van der Waals surface area contributed by atoms with Crippen molar-refractivity contribution in [2.24, 2.45) is 5.92 Å². The van der Waals surface area contributed by atoms with Crippen molar-refractivity contribution < 1.29 is 14.7 Å².